The summed E-state index contributed by atoms with van der Waals surface area (Å²) in [7, 11) is 0. The fourth-order valence-corrected chi connectivity index (χ4v) is 1.72. The van der Waals surface area contributed by atoms with Crippen LogP contribution in [0, 0.1) is 6.92 Å². The van der Waals surface area contributed by atoms with Gasteiger partial charge in [-0.2, -0.15) is 10.2 Å². The van der Waals surface area contributed by atoms with Crippen molar-refractivity contribution >= 4 is 0 Å². The molecule has 0 radical (unpaired) electrons. The van der Waals surface area contributed by atoms with Crippen LogP contribution in [0.25, 0.3) is 0 Å². The van der Waals surface area contributed by atoms with Crippen molar-refractivity contribution in [2.75, 3.05) is 6.61 Å². The van der Waals surface area contributed by atoms with Crippen LogP contribution < -0.4 is 4.74 Å². The van der Waals surface area contributed by atoms with E-state index in [0.29, 0.717) is 5.92 Å². The van der Waals surface area contributed by atoms with E-state index in [0.717, 1.165) is 30.2 Å². The predicted octanol–water partition coefficient (Wildman–Crippen LogP) is 1.84. The van der Waals surface area contributed by atoms with Crippen molar-refractivity contribution in [1.29, 1.82) is 0 Å². The van der Waals surface area contributed by atoms with E-state index < -0.39 is 0 Å². The fraction of sp³-hybridized carbons (Fsp3) is 0.600. The van der Waals surface area contributed by atoms with E-state index in [1.807, 2.05) is 6.92 Å². The normalized spacial score (nSPS) is 14.5. The summed E-state index contributed by atoms with van der Waals surface area (Å²) in [5, 5.41) is 8.32. The van der Waals surface area contributed by atoms with Gasteiger partial charge in [-0.3, -0.25) is 0 Å². The van der Waals surface area contributed by atoms with Crippen LogP contribution in [0.15, 0.2) is 0 Å². The van der Waals surface area contributed by atoms with Gasteiger partial charge in [0, 0.05) is 12.0 Å². The Balaban J connectivity index is 2.56. The zero-order chi connectivity index (χ0) is 9.42. The number of hydrogen-bond acceptors (Lipinski definition) is 3. The Bertz CT molecular complexity index is 334. The van der Waals surface area contributed by atoms with Gasteiger partial charge in [0.2, 0.25) is 0 Å². The van der Waals surface area contributed by atoms with Crippen LogP contribution in [-0.2, 0) is 6.42 Å². The summed E-state index contributed by atoms with van der Waals surface area (Å²) in [6.45, 7) is 7.00. The maximum absolute atomic E-state index is 5.52. The lowest BCUT2D eigenvalue weighted by Gasteiger charge is -2.09. The summed E-state index contributed by atoms with van der Waals surface area (Å²) in [4.78, 5) is 0. The Labute approximate surface area is 78.1 Å². The summed E-state index contributed by atoms with van der Waals surface area (Å²) in [5.41, 5.74) is 3.28. The molecule has 70 valence electrons. The molecule has 1 aliphatic rings. The second-order valence-electron chi connectivity index (χ2n) is 3.73. The molecule has 0 amide bonds. The molecule has 0 unspecified atom stereocenters. The Morgan fingerprint density at radius 2 is 2.08 bits per heavy atom. The first-order valence-electron chi connectivity index (χ1n) is 4.69. The van der Waals surface area contributed by atoms with E-state index in [2.05, 4.69) is 24.0 Å². The Morgan fingerprint density at radius 1 is 1.31 bits per heavy atom. The number of fused-ring (bicyclic) bond motifs is 1. The first-order chi connectivity index (χ1) is 6.20. The highest BCUT2D eigenvalue weighted by Gasteiger charge is 2.21. The molecule has 2 rings (SSSR count). The van der Waals surface area contributed by atoms with Crippen LogP contribution in [0.1, 0.15) is 36.7 Å². The minimum atomic E-state index is 0.434. The Hall–Kier alpha value is -1.12. The molecule has 0 spiro atoms. The molecule has 0 bridgehead atoms. The van der Waals surface area contributed by atoms with E-state index in [1.54, 1.807) is 0 Å². The van der Waals surface area contributed by atoms with Crippen molar-refractivity contribution in [3.8, 4) is 5.75 Å². The molecular formula is C10H14N2O. The van der Waals surface area contributed by atoms with Gasteiger partial charge in [0.15, 0.2) is 0 Å². The first-order valence-corrected chi connectivity index (χ1v) is 4.69. The fourth-order valence-electron chi connectivity index (χ4n) is 1.72. The van der Waals surface area contributed by atoms with Crippen molar-refractivity contribution in [3.05, 3.63) is 17.0 Å². The van der Waals surface area contributed by atoms with Crippen molar-refractivity contribution < 1.29 is 4.74 Å². The van der Waals surface area contributed by atoms with Crippen LogP contribution in [0.5, 0.6) is 5.75 Å². The number of ether oxygens (including phenoxy) is 1. The molecule has 0 atom stereocenters. The maximum Gasteiger partial charge on any atom is 0.147 e. The van der Waals surface area contributed by atoms with Gasteiger partial charge in [-0.05, 0) is 12.8 Å². The third-order valence-electron chi connectivity index (χ3n) is 2.36. The molecule has 1 aromatic heterocycles. The summed E-state index contributed by atoms with van der Waals surface area (Å²) in [6, 6.07) is 0. The highest BCUT2D eigenvalue weighted by Crippen LogP contribution is 2.32. The molecular weight excluding hydrogens is 164 g/mol. The topological polar surface area (TPSA) is 35.0 Å². The number of aryl methyl sites for hydroxylation is 1. The molecule has 0 aromatic carbocycles. The van der Waals surface area contributed by atoms with E-state index >= 15 is 0 Å². The second-order valence-corrected chi connectivity index (χ2v) is 3.73. The summed E-state index contributed by atoms with van der Waals surface area (Å²) >= 11 is 0. The maximum atomic E-state index is 5.52. The quantitative estimate of drug-likeness (QED) is 0.658. The lowest BCUT2D eigenvalue weighted by atomic mass is 10.0. The number of nitrogens with zero attached hydrogens (tertiary/aromatic N) is 2. The van der Waals surface area contributed by atoms with Gasteiger partial charge < -0.3 is 4.74 Å². The Kier molecular flexibility index (Phi) is 1.94. The van der Waals surface area contributed by atoms with Crippen LogP contribution in [0.3, 0.4) is 0 Å². The van der Waals surface area contributed by atoms with E-state index in [-0.39, 0.29) is 0 Å². The molecule has 0 saturated heterocycles. The molecule has 3 nitrogen and oxygen atoms in total. The third-order valence-corrected chi connectivity index (χ3v) is 2.36. The third kappa shape index (κ3) is 1.28. The minimum Gasteiger partial charge on any atom is -0.491 e. The van der Waals surface area contributed by atoms with Gasteiger partial charge in [-0.1, -0.05) is 13.8 Å². The standard InChI is InChI=1S/C10H14N2O/c1-6(2)9-8-4-5-13-10(8)7(3)11-12-9/h6H,4-5H2,1-3H3. The van der Waals surface area contributed by atoms with Crippen LogP contribution >= 0.6 is 0 Å². The van der Waals surface area contributed by atoms with Gasteiger partial charge >= 0.3 is 0 Å². The van der Waals surface area contributed by atoms with Gasteiger partial charge in [-0.25, -0.2) is 0 Å². The van der Waals surface area contributed by atoms with E-state index in [4.69, 9.17) is 4.74 Å². The molecule has 0 N–H and O–H groups in total. The largest absolute Gasteiger partial charge is 0.491 e. The van der Waals surface area contributed by atoms with Crippen LogP contribution in [-0.4, -0.2) is 16.8 Å². The lowest BCUT2D eigenvalue weighted by molar-refractivity contribution is 0.352. The molecule has 3 heteroatoms. The van der Waals surface area contributed by atoms with Crippen molar-refractivity contribution in [1.82, 2.24) is 10.2 Å². The number of rotatable bonds is 1. The van der Waals surface area contributed by atoms with Gasteiger partial charge in [0.25, 0.3) is 0 Å². The van der Waals surface area contributed by atoms with Crippen LogP contribution in [0.2, 0.25) is 0 Å². The zero-order valence-corrected chi connectivity index (χ0v) is 8.29. The van der Waals surface area contributed by atoms with Gasteiger partial charge in [0.1, 0.15) is 11.4 Å². The minimum absolute atomic E-state index is 0.434. The lowest BCUT2D eigenvalue weighted by Crippen LogP contribution is -2.01. The highest BCUT2D eigenvalue weighted by atomic mass is 16.5. The second kappa shape index (κ2) is 2.98. The average molecular weight is 178 g/mol. The highest BCUT2D eigenvalue weighted by molar-refractivity contribution is 5.42. The Morgan fingerprint density at radius 3 is 2.77 bits per heavy atom. The molecule has 0 saturated carbocycles. The van der Waals surface area contributed by atoms with E-state index in [1.165, 1.54) is 5.56 Å². The molecule has 1 aliphatic heterocycles. The summed E-state index contributed by atoms with van der Waals surface area (Å²) in [5.74, 6) is 1.40. The molecule has 0 aliphatic carbocycles. The van der Waals surface area contributed by atoms with Crippen molar-refractivity contribution in [2.45, 2.75) is 33.1 Å². The van der Waals surface area contributed by atoms with Crippen LogP contribution in [0.4, 0.5) is 0 Å². The number of hydrogen-bond donors (Lipinski definition) is 0. The molecule has 1 aromatic rings. The summed E-state index contributed by atoms with van der Waals surface area (Å²) in [6.07, 6.45) is 0.985. The molecule has 0 fully saturated rings. The average Bonchev–Trinajstić information content (AvgIpc) is 2.53. The van der Waals surface area contributed by atoms with Gasteiger partial charge in [-0.15, -0.1) is 0 Å². The van der Waals surface area contributed by atoms with E-state index in [9.17, 15) is 0 Å². The smallest absolute Gasteiger partial charge is 0.147 e. The predicted molar refractivity (Wildman–Crippen MR) is 50.1 cm³/mol. The zero-order valence-electron chi connectivity index (χ0n) is 8.29. The molecule has 13 heavy (non-hydrogen) atoms. The molecule has 2 heterocycles. The van der Waals surface area contributed by atoms with Crippen molar-refractivity contribution in [3.63, 3.8) is 0 Å². The van der Waals surface area contributed by atoms with Crippen molar-refractivity contribution in [2.24, 2.45) is 0 Å². The van der Waals surface area contributed by atoms with Gasteiger partial charge in [0.05, 0.1) is 12.3 Å². The SMILES string of the molecule is Cc1nnc(C(C)C)c2c1OCC2. The summed E-state index contributed by atoms with van der Waals surface area (Å²) < 4.78 is 5.52. The monoisotopic (exact) mass is 178 g/mol. The first kappa shape index (κ1) is 8.48. The number of aromatic nitrogens is 2.